The molecule has 0 aliphatic heterocycles. The fourth-order valence-corrected chi connectivity index (χ4v) is 1.40. The van der Waals surface area contributed by atoms with Gasteiger partial charge in [0.25, 0.3) is 0 Å². The third kappa shape index (κ3) is 9.89. The van der Waals surface area contributed by atoms with E-state index in [1.807, 2.05) is 0 Å². The summed E-state index contributed by atoms with van der Waals surface area (Å²) in [5, 5.41) is 0. The predicted octanol–water partition coefficient (Wildman–Crippen LogP) is 0.0301. The summed E-state index contributed by atoms with van der Waals surface area (Å²) in [7, 11) is 6.30. The second-order valence-corrected chi connectivity index (χ2v) is 4.48. The average Bonchev–Trinajstić information content (AvgIpc) is 2.25. The first kappa shape index (κ1) is 15.3. The Bertz CT molecular complexity index is 185. The van der Waals surface area contributed by atoms with Crippen LogP contribution in [0.15, 0.2) is 0 Å². The highest BCUT2D eigenvalue weighted by Crippen LogP contribution is 2.00. The number of carbonyl (C=O) groups excluding carboxylic acids is 1. The SMILES string of the molecule is CN(C)CCN(C)CCCCCC(=O)NN. The summed E-state index contributed by atoms with van der Waals surface area (Å²) in [5.74, 6) is 4.92. The van der Waals surface area contributed by atoms with Crippen LogP contribution >= 0.6 is 0 Å². The van der Waals surface area contributed by atoms with E-state index in [1.165, 1.54) is 0 Å². The quantitative estimate of drug-likeness (QED) is 0.254. The van der Waals surface area contributed by atoms with Gasteiger partial charge in [0.2, 0.25) is 5.91 Å². The highest BCUT2D eigenvalue weighted by Gasteiger charge is 2.00. The van der Waals surface area contributed by atoms with Crippen molar-refractivity contribution in [2.24, 2.45) is 5.84 Å². The van der Waals surface area contributed by atoms with Gasteiger partial charge >= 0.3 is 0 Å². The Morgan fingerprint density at radius 2 is 1.75 bits per heavy atom. The number of carbonyl (C=O) groups is 1. The predicted molar refractivity (Wildman–Crippen MR) is 66.8 cm³/mol. The fraction of sp³-hybridized carbons (Fsp3) is 0.909. The molecule has 0 aliphatic carbocycles. The summed E-state index contributed by atoms with van der Waals surface area (Å²) in [4.78, 5) is 15.3. The van der Waals surface area contributed by atoms with Crippen molar-refractivity contribution in [1.29, 1.82) is 0 Å². The number of nitrogens with two attached hydrogens (primary N) is 1. The van der Waals surface area contributed by atoms with Crippen LogP contribution in [0.3, 0.4) is 0 Å². The van der Waals surface area contributed by atoms with E-state index in [9.17, 15) is 4.79 Å². The van der Waals surface area contributed by atoms with Crippen LogP contribution < -0.4 is 11.3 Å². The molecule has 0 aromatic carbocycles. The van der Waals surface area contributed by atoms with Crippen molar-refractivity contribution in [3.63, 3.8) is 0 Å². The van der Waals surface area contributed by atoms with Gasteiger partial charge in [-0.2, -0.15) is 0 Å². The van der Waals surface area contributed by atoms with Crippen LogP contribution in [0.1, 0.15) is 25.7 Å². The van der Waals surface area contributed by atoms with Crippen LogP contribution in [-0.2, 0) is 4.79 Å². The Labute approximate surface area is 98.9 Å². The number of hydrazine groups is 1. The van der Waals surface area contributed by atoms with Gasteiger partial charge < -0.3 is 9.80 Å². The summed E-state index contributed by atoms with van der Waals surface area (Å²) in [6, 6.07) is 0. The fourth-order valence-electron chi connectivity index (χ4n) is 1.40. The lowest BCUT2D eigenvalue weighted by Gasteiger charge is -2.18. The van der Waals surface area contributed by atoms with E-state index in [1.54, 1.807) is 0 Å². The van der Waals surface area contributed by atoms with Crippen molar-refractivity contribution in [3.8, 4) is 0 Å². The topological polar surface area (TPSA) is 61.6 Å². The number of amides is 1. The van der Waals surface area contributed by atoms with Gasteiger partial charge in [-0.15, -0.1) is 0 Å². The molecule has 0 heterocycles. The Balaban J connectivity index is 3.27. The summed E-state index contributed by atoms with van der Waals surface area (Å²) < 4.78 is 0. The molecular weight excluding hydrogens is 204 g/mol. The van der Waals surface area contributed by atoms with Crippen molar-refractivity contribution in [2.75, 3.05) is 40.8 Å². The van der Waals surface area contributed by atoms with E-state index in [0.717, 1.165) is 38.9 Å². The van der Waals surface area contributed by atoms with Gasteiger partial charge in [-0.25, -0.2) is 5.84 Å². The van der Waals surface area contributed by atoms with Crippen LogP contribution in [0.2, 0.25) is 0 Å². The molecule has 0 fully saturated rings. The number of unbranched alkanes of at least 4 members (excludes halogenated alkanes) is 2. The molecule has 96 valence electrons. The van der Waals surface area contributed by atoms with Crippen LogP contribution in [0.5, 0.6) is 0 Å². The van der Waals surface area contributed by atoms with Crippen LogP contribution in [0, 0.1) is 0 Å². The van der Waals surface area contributed by atoms with E-state index in [4.69, 9.17) is 5.84 Å². The molecule has 0 aromatic heterocycles. The zero-order chi connectivity index (χ0) is 12.4. The number of nitrogens with one attached hydrogen (secondary N) is 1. The summed E-state index contributed by atoms with van der Waals surface area (Å²) in [6.45, 7) is 3.28. The molecule has 0 radical (unpaired) electrons. The molecule has 0 bridgehead atoms. The lowest BCUT2D eigenvalue weighted by molar-refractivity contribution is -0.121. The Morgan fingerprint density at radius 1 is 1.06 bits per heavy atom. The molecule has 0 aliphatic rings. The minimum absolute atomic E-state index is 0.0686. The zero-order valence-corrected chi connectivity index (χ0v) is 10.8. The zero-order valence-electron chi connectivity index (χ0n) is 10.8. The van der Waals surface area contributed by atoms with Crippen LogP contribution in [0.4, 0.5) is 0 Å². The highest BCUT2D eigenvalue weighted by molar-refractivity contribution is 5.74. The summed E-state index contributed by atoms with van der Waals surface area (Å²) >= 11 is 0. The van der Waals surface area contributed by atoms with E-state index in [-0.39, 0.29) is 5.91 Å². The molecule has 0 saturated carbocycles. The lowest BCUT2D eigenvalue weighted by atomic mass is 10.2. The second kappa shape index (κ2) is 9.57. The molecule has 5 nitrogen and oxygen atoms in total. The largest absolute Gasteiger partial charge is 0.308 e. The minimum atomic E-state index is -0.0686. The first-order valence-corrected chi connectivity index (χ1v) is 5.89. The van der Waals surface area contributed by atoms with Gasteiger partial charge in [0.1, 0.15) is 0 Å². The maximum atomic E-state index is 10.8. The van der Waals surface area contributed by atoms with E-state index in [0.29, 0.717) is 6.42 Å². The number of hydrogen-bond acceptors (Lipinski definition) is 4. The third-order valence-electron chi connectivity index (χ3n) is 2.53. The first-order valence-electron chi connectivity index (χ1n) is 5.89. The smallest absolute Gasteiger partial charge is 0.233 e. The van der Waals surface area contributed by atoms with Gasteiger partial charge in [0.15, 0.2) is 0 Å². The van der Waals surface area contributed by atoms with Crippen molar-refractivity contribution < 1.29 is 4.79 Å². The molecule has 0 unspecified atom stereocenters. The van der Waals surface area contributed by atoms with E-state index >= 15 is 0 Å². The van der Waals surface area contributed by atoms with Crippen molar-refractivity contribution in [2.45, 2.75) is 25.7 Å². The summed E-state index contributed by atoms with van der Waals surface area (Å²) in [5.41, 5.74) is 2.14. The molecule has 0 atom stereocenters. The van der Waals surface area contributed by atoms with Crippen molar-refractivity contribution in [1.82, 2.24) is 15.2 Å². The molecule has 5 heteroatoms. The molecule has 0 spiro atoms. The maximum absolute atomic E-state index is 10.8. The number of nitrogens with zero attached hydrogens (tertiary/aromatic N) is 2. The van der Waals surface area contributed by atoms with Gasteiger partial charge in [-0.1, -0.05) is 6.42 Å². The minimum Gasteiger partial charge on any atom is -0.308 e. The number of rotatable bonds is 9. The number of hydrogen-bond donors (Lipinski definition) is 2. The normalized spacial score (nSPS) is 11.1. The molecule has 0 saturated heterocycles. The standard InChI is InChI=1S/C11H26N4O/c1-14(2)9-10-15(3)8-6-4-5-7-11(16)13-12/h4-10,12H2,1-3H3,(H,13,16). The van der Waals surface area contributed by atoms with Crippen molar-refractivity contribution >= 4 is 5.91 Å². The third-order valence-corrected chi connectivity index (χ3v) is 2.53. The highest BCUT2D eigenvalue weighted by atomic mass is 16.2. The van der Waals surface area contributed by atoms with Crippen molar-refractivity contribution in [3.05, 3.63) is 0 Å². The number of likely N-dealkylation sites (N-methyl/N-ethyl adjacent to an activating group) is 2. The Morgan fingerprint density at radius 3 is 2.31 bits per heavy atom. The maximum Gasteiger partial charge on any atom is 0.233 e. The second-order valence-electron chi connectivity index (χ2n) is 4.48. The van der Waals surface area contributed by atoms with Crippen LogP contribution in [0.25, 0.3) is 0 Å². The Hall–Kier alpha value is -0.650. The molecular formula is C11H26N4O. The van der Waals surface area contributed by atoms with E-state index < -0.39 is 0 Å². The molecule has 1 amide bonds. The van der Waals surface area contributed by atoms with Gasteiger partial charge in [0.05, 0.1) is 0 Å². The van der Waals surface area contributed by atoms with Gasteiger partial charge in [-0.05, 0) is 40.5 Å². The monoisotopic (exact) mass is 230 g/mol. The molecule has 0 rings (SSSR count). The lowest BCUT2D eigenvalue weighted by Crippen LogP contribution is -2.30. The Kier molecular flexibility index (Phi) is 9.18. The summed E-state index contributed by atoms with van der Waals surface area (Å²) in [6.07, 6.45) is 3.68. The van der Waals surface area contributed by atoms with Gasteiger partial charge in [0, 0.05) is 19.5 Å². The molecule has 3 N–H and O–H groups in total. The van der Waals surface area contributed by atoms with Gasteiger partial charge in [-0.3, -0.25) is 10.2 Å². The van der Waals surface area contributed by atoms with Crippen LogP contribution in [-0.4, -0.2) is 56.5 Å². The first-order chi connectivity index (χ1) is 7.56. The van der Waals surface area contributed by atoms with E-state index in [2.05, 4.69) is 36.4 Å². The average molecular weight is 230 g/mol. The molecule has 16 heavy (non-hydrogen) atoms. The molecule has 0 aromatic rings.